The number of carbonyl (C=O) groups is 3. The van der Waals surface area contributed by atoms with Crippen molar-refractivity contribution in [1.82, 2.24) is 20.0 Å². The summed E-state index contributed by atoms with van der Waals surface area (Å²) in [6.07, 6.45) is 0. The van der Waals surface area contributed by atoms with Crippen molar-refractivity contribution in [3.8, 4) is 0 Å². The molecule has 0 bridgehead atoms. The zero-order valence-electron chi connectivity index (χ0n) is 20.2. The van der Waals surface area contributed by atoms with Gasteiger partial charge in [0.2, 0.25) is 5.89 Å². The Morgan fingerprint density at radius 1 is 1.12 bits per heavy atom. The van der Waals surface area contributed by atoms with Crippen LogP contribution in [0.25, 0.3) is 0 Å². The molecule has 1 aromatic carbocycles. The predicted octanol–water partition coefficient (Wildman–Crippen LogP) is 3.73. The monoisotopic (exact) mass is 469 g/mol. The Hall–Kier alpha value is -3.82. The van der Waals surface area contributed by atoms with Crippen LogP contribution in [-0.2, 0) is 11.8 Å². The molecule has 10 heteroatoms. The first-order valence-electron chi connectivity index (χ1n) is 10.8. The van der Waals surface area contributed by atoms with Crippen molar-refractivity contribution in [1.29, 1.82) is 0 Å². The summed E-state index contributed by atoms with van der Waals surface area (Å²) < 4.78 is 20.3. The fourth-order valence-electron chi connectivity index (χ4n) is 3.82. The molecule has 2 aromatic heterocycles. The van der Waals surface area contributed by atoms with Gasteiger partial charge in [0.15, 0.2) is 5.82 Å². The Labute approximate surface area is 196 Å². The quantitative estimate of drug-likeness (QED) is 0.402. The van der Waals surface area contributed by atoms with Gasteiger partial charge in [0.05, 0.1) is 11.3 Å². The standard InChI is InChI=1S/C24H28FN5O4/c1-11(2)19(24-26-15(6)29-34-24)28-23(33)21(31)20-13(4)18(14(5)30(20)7)22(32)27-16-8-9-17(25)12(3)10-16/h8-11,19H,1-7H3,(H,27,32)(H,28,33)/t19-/m0/s1. The lowest BCUT2D eigenvalue weighted by molar-refractivity contribution is -0.118. The maximum atomic E-state index is 13.6. The number of ketones is 1. The van der Waals surface area contributed by atoms with Gasteiger partial charge in [-0.3, -0.25) is 14.4 Å². The number of hydrogen-bond donors (Lipinski definition) is 2. The molecular formula is C24H28FN5O4. The molecule has 2 heterocycles. The fourth-order valence-corrected chi connectivity index (χ4v) is 3.82. The minimum atomic E-state index is -0.848. The Bertz CT molecular complexity index is 1270. The number of benzene rings is 1. The van der Waals surface area contributed by atoms with Crippen LogP contribution in [0.1, 0.15) is 69.3 Å². The van der Waals surface area contributed by atoms with Gasteiger partial charge in [-0.15, -0.1) is 0 Å². The van der Waals surface area contributed by atoms with Gasteiger partial charge in [-0.2, -0.15) is 4.98 Å². The van der Waals surface area contributed by atoms with E-state index in [9.17, 15) is 18.8 Å². The molecule has 0 unspecified atom stereocenters. The van der Waals surface area contributed by atoms with Crippen molar-refractivity contribution >= 4 is 23.3 Å². The lowest BCUT2D eigenvalue weighted by Gasteiger charge is -2.18. The fraction of sp³-hybridized carbons (Fsp3) is 0.375. The minimum absolute atomic E-state index is 0.0969. The van der Waals surface area contributed by atoms with E-state index in [1.54, 1.807) is 34.7 Å². The Balaban J connectivity index is 1.87. The minimum Gasteiger partial charge on any atom is -0.344 e. The largest absolute Gasteiger partial charge is 0.344 e. The molecule has 180 valence electrons. The second-order valence-corrected chi connectivity index (χ2v) is 8.62. The molecule has 0 radical (unpaired) electrons. The van der Waals surface area contributed by atoms with Crippen molar-refractivity contribution in [3.63, 3.8) is 0 Å². The number of rotatable bonds is 7. The molecule has 1 atom stereocenters. The van der Waals surface area contributed by atoms with Crippen LogP contribution in [0.4, 0.5) is 10.1 Å². The average Bonchev–Trinajstić information content (AvgIpc) is 3.28. The van der Waals surface area contributed by atoms with Crippen LogP contribution in [0, 0.1) is 39.4 Å². The van der Waals surface area contributed by atoms with Gasteiger partial charge in [0.25, 0.3) is 17.6 Å². The van der Waals surface area contributed by atoms with E-state index >= 15 is 0 Å². The number of halogens is 1. The Morgan fingerprint density at radius 3 is 2.35 bits per heavy atom. The van der Waals surface area contributed by atoms with Crippen LogP contribution in [-0.4, -0.2) is 32.3 Å². The molecule has 0 aliphatic rings. The smallest absolute Gasteiger partial charge is 0.294 e. The molecule has 0 spiro atoms. The topological polar surface area (TPSA) is 119 Å². The summed E-state index contributed by atoms with van der Waals surface area (Å²) in [6, 6.07) is 3.60. The summed E-state index contributed by atoms with van der Waals surface area (Å²) >= 11 is 0. The van der Waals surface area contributed by atoms with Gasteiger partial charge in [-0.1, -0.05) is 19.0 Å². The zero-order chi connectivity index (χ0) is 25.3. The number of aryl methyl sites for hydroxylation is 2. The van der Waals surface area contributed by atoms with Crippen LogP contribution < -0.4 is 10.6 Å². The second-order valence-electron chi connectivity index (χ2n) is 8.62. The van der Waals surface area contributed by atoms with E-state index < -0.39 is 23.6 Å². The number of nitrogens with zero attached hydrogens (tertiary/aromatic N) is 3. The summed E-state index contributed by atoms with van der Waals surface area (Å²) in [5.41, 5.74) is 2.06. The van der Waals surface area contributed by atoms with Crippen molar-refractivity contribution in [3.05, 3.63) is 63.8 Å². The van der Waals surface area contributed by atoms with Crippen molar-refractivity contribution < 1.29 is 23.3 Å². The van der Waals surface area contributed by atoms with E-state index in [1.807, 2.05) is 13.8 Å². The highest BCUT2D eigenvalue weighted by atomic mass is 19.1. The maximum Gasteiger partial charge on any atom is 0.294 e. The number of Topliss-reactive ketones (excluding diaryl/α,β-unsaturated/α-hetero) is 1. The third kappa shape index (κ3) is 4.75. The van der Waals surface area contributed by atoms with Crippen LogP contribution in [0.5, 0.6) is 0 Å². The molecule has 0 fully saturated rings. The summed E-state index contributed by atoms with van der Waals surface area (Å²) in [5.74, 6) is -1.96. The average molecular weight is 470 g/mol. The summed E-state index contributed by atoms with van der Waals surface area (Å²) in [6.45, 7) is 10.3. The van der Waals surface area contributed by atoms with Crippen LogP contribution >= 0.6 is 0 Å². The first kappa shape index (κ1) is 24.8. The highest BCUT2D eigenvalue weighted by molar-refractivity contribution is 6.43. The molecular weight excluding hydrogens is 441 g/mol. The van der Waals surface area contributed by atoms with Gasteiger partial charge >= 0.3 is 0 Å². The second kappa shape index (κ2) is 9.58. The number of anilines is 1. The Kier molecular flexibility index (Phi) is 6.99. The molecule has 0 aliphatic heterocycles. The van der Waals surface area contributed by atoms with Crippen LogP contribution in [0.3, 0.4) is 0 Å². The zero-order valence-corrected chi connectivity index (χ0v) is 20.2. The van der Waals surface area contributed by atoms with Gasteiger partial charge in [0, 0.05) is 18.4 Å². The van der Waals surface area contributed by atoms with Crippen LogP contribution in [0.2, 0.25) is 0 Å². The first-order valence-corrected chi connectivity index (χ1v) is 10.8. The van der Waals surface area contributed by atoms with Gasteiger partial charge in [-0.25, -0.2) is 4.39 Å². The molecule has 34 heavy (non-hydrogen) atoms. The lowest BCUT2D eigenvalue weighted by atomic mass is 10.0. The van der Waals surface area contributed by atoms with E-state index in [1.165, 1.54) is 22.8 Å². The molecule has 2 amide bonds. The highest BCUT2D eigenvalue weighted by Crippen LogP contribution is 2.25. The van der Waals surface area contributed by atoms with Crippen molar-refractivity contribution in [2.45, 2.75) is 47.6 Å². The molecule has 0 aliphatic carbocycles. The molecule has 3 aromatic rings. The summed E-state index contributed by atoms with van der Waals surface area (Å²) in [5, 5.41) is 9.15. The van der Waals surface area contributed by atoms with Gasteiger partial charge in [0.1, 0.15) is 11.9 Å². The predicted molar refractivity (Wildman–Crippen MR) is 123 cm³/mol. The molecule has 3 rings (SSSR count). The highest BCUT2D eigenvalue weighted by Gasteiger charge is 2.32. The van der Waals surface area contributed by atoms with E-state index in [0.29, 0.717) is 28.3 Å². The molecule has 0 saturated heterocycles. The van der Waals surface area contributed by atoms with E-state index in [0.717, 1.165) is 0 Å². The molecule has 2 N–H and O–H groups in total. The lowest BCUT2D eigenvalue weighted by Crippen LogP contribution is -2.37. The van der Waals surface area contributed by atoms with Gasteiger partial charge < -0.3 is 19.7 Å². The molecule has 0 saturated carbocycles. The number of nitrogens with one attached hydrogen (secondary N) is 2. The van der Waals surface area contributed by atoms with Crippen LogP contribution in [0.15, 0.2) is 22.7 Å². The summed E-state index contributed by atoms with van der Waals surface area (Å²) in [4.78, 5) is 43.2. The summed E-state index contributed by atoms with van der Waals surface area (Å²) in [7, 11) is 1.61. The molecule has 9 nitrogen and oxygen atoms in total. The number of hydrogen-bond acceptors (Lipinski definition) is 6. The number of aromatic nitrogens is 3. The van der Waals surface area contributed by atoms with E-state index in [-0.39, 0.29) is 28.9 Å². The third-order valence-electron chi connectivity index (χ3n) is 5.76. The SMILES string of the molecule is Cc1noc([C@@H](NC(=O)C(=O)c2c(C)c(C(=O)Nc3ccc(F)c(C)c3)c(C)n2C)C(C)C)n1. The number of amides is 2. The maximum absolute atomic E-state index is 13.6. The first-order chi connectivity index (χ1) is 15.9. The number of carbonyl (C=O) groups excluding carboxylic acids is 3. The normalized spacial score (nSPS) is 12.0. The Morgan fingerprint density at radius 2 is 1.79 bits per heavy atom. The van der Waals surface area contributed by atoms with Crippen molar-refractivity contribution in [2.75, 3.05) is 5.32 Å². The van der Waals surface area contributed by atoms with Gasteiger partial charge in [-0.05, 0) is 62.9 Å². The van der Waals surface area contributed by atoms with E-state index in [2.05, 4.69) is 20.8 Å². The van der Waals surface area contributed by atoms with E-state index in [4.69, 9.17) is 4.52 Å². The van der Waals surface area contributed by atoms with Crippen molar-refractivity contribution in [2.24, 2.45) is 13.0 Å². The third-order valence-corrected chi connectivity index (χ3v) is 5.76.